The van der Waals surface area contributed by atoms with Gasteiger partial charge in [-0.05, 0) is 51.1 Å². The van der Waals surface area contributed by atoms with Gasteiger partial charge in [0.05, 0.1) is 12.6 Å². The lowest BCUT2D eigenvalue weighted by molar-refractivity contribution is 0.0378. The summed E-state index contributed by atoms with van der Waals surface area (Å²) in [6.07, 6.45) is 2.59. The average molecular weight is 434 g/mol. The number of furan rings is 1. The van der Waals surface area contributed by atoms with Gasteiger partial charge in [0.25, 0.3) is 0 Å². The van der Waals surface area contributed by atoms with Gasteiger partial charge in [-0.1, -0.05) is 37.3 Å². The number of rotatable bonds is 8. The van der Waals surface area contributed by atoms with Crippen LogP contribution in [0, 0.1) is 0 Å². The molecule has 0 amide bonds. The molecule has 1 aliphatic heterocycles. The van der Waals surface area contributed by atoms with Gasteiger partial charge in [-0.3, -0.25) is 4.90 Å². The minimum absolute atomic E-state index is 0.161. The Morgan fingerprint density at radius 3 is 2.75 bits per heavy atom. The Labute approximate surface area is 189 Å². The highest BCUT2D eigenvalue weighted by molar-refractivity contribution is 5.95. The molecule has 1 fully saturated rings. The summed E-state index contributed by atoms with van der Waals surface area (Å²) in [5.74, 6) is 2.25. The highest BCUT2D eigenvalue weighted by atomic mass is 16.5. The molecule has 3 heterocycles. The van der Waals surface area contributed by atoms with Crippen LogP contribution in [0.1, 0.15) is 43.3 Å². The quantitative estimate of drug-likeness (QED) is 0.466. The molecule has 0 saturated carbocycles. The second kappa shape index (κ2) is 10.0. The van der Waals surface area contributed by atoms with Crippen molar-refractivity contribution in [2.24, 2.45) is 0 Å². The van der Waals surface area contributed by atoms with E-state index in [-0.39, 0.29) is 12.1 Å². The molecule has 1 saturated heterocycles. The number of carbonyl (C=O) groups is 1. The van der Waals surface area contributed by atoms with Crippen molar-refractivity contribution in [3.05, 3.63) is 72.1 Å². The number of benzene rings is 1. The molecule has 1 aromatic carbocycles. The SMILES string of the molecule is CCN(Cc1ccc(-c2ccccc2)o1)[C@@H]1CCN(c2ncccc2C(=O)OC(C)C)C1. The van der Waals surface area contributed by atoms with Crippen molar-refractivity contribution in [1.82, 2.24) is 9.88 Å². The van der Waals surface area contributed by atoms with E-state index < -0.39 is 0 Å². The van der Waals surface area contributed by atoms with Gasteiger partial charge in [-0.15, -0.1) is 0 Å². The fraction of sp³-hybridized carbons (Fsp3) is 0.385. The molecule has 4 rings (SSSR count). The van der Waals surface area contributed by atoms with E-state index in [9.17, 15) is 4.79 Å². The van der Waals surface area contributed by atoms with Crippen molar-refractivity contribution in [1.29, 1.82) is 0 Å². The minimum Gasteiger partial charge on any atom is -0.460 e. The zero-order chi connectivity index (χ0) is 22.5. The van der Waals surface area contributed by atoms with Crippen molar-refractivity contribution in [2.75, 3.05) is 24.5 Å². The minimum atomic E-state index is -0.317. The number of aromatic nitrogens is 1. The van der Waals surface area contributed by atoms with Crippen LogP contribution in [0.3, 0.4) is 0 Å². The maximum absolute atomic E-state index is 12.6. The van der Waals surface area contributed by atoms with Crippen molar-refractivity contribution >= 4 is 11.8 Å². The van der Waals surface area contributed by atoms with E-state index in [2.05, 4.69) is 39.9 Å². The lowest BCUT2D eigenvalue weighted by Crippen LogP contribution is -2.37. The molecule has 3 aromatic rings. The van der Waals surface area contributed by atoms with Crippen LogP contribution >= 0.6 is 0 Å². The molecule has 1 aliphatic rings. The topological polar surface area (TPSA) is 58.8 Å². The first-order valence-corrected chi connectivity index (χ1v) is 11.3. The van der Waals surface area contributed by atoms with Crippen LogP contribution in [0.5, 0.6) is 0 Å². The molecule has 2 aromatic heterocycles. The molecular formula is C26H31N3O3. The summed E-state index contributed by atoms with van der Waals surface area (Å²) in [5, 5.41) is 0. The molecule has 168 valence electrons. The van der Waals surface area contributed by atoms with E-state index in [4.69, 9.17) is 9.15 Å². The van der Waals surface area contributed by atoms with Crippen molar-refractivity contribution in [3.63, 3.8) is 0 Å². The predicted molar refractivity (Wildman–Crippen MR) is 126 cm³/mol. The number of carbonyl (C=O) groups excluding carboxylic acids is 1. The summed E-state index contributed by atoms with van der Waals surface area (Å²) in [6.45, 7) is 9.24. The molecule has 0 aliphatic carbocycles. The van der Waals surface area contributed by atoms with Crippen LogP contribution in [0.25, 0.3) is 11.3 Å². The van der Waals surface area contributed by atoms with Gasteiger partial charge in [-0.25, -0.2) is 9.78 Å². The Bertz CT molecular complexity index is 1030. The molecule has 6 nitrogen and oxygen atoms in total. The fourth-order valence-corrected chi connectivity index (χ4v) is 4.24. The Morgan fingerprint density at radius 2 is 2.00 bits per heavy atom. The Balaban J connectivity index is 1.44. The van der Waals surface area contributed by atoms with Crippen LogP contribution in [-0.2, 0) is 11.3 Å². The van der Waals surface area contributed by atoms with Crippen molar-refractivity contribution in [3.8, 4) is 11.3 Å². The molecule has 0 radical (unpaired) electrons. The standard InChI is InChI=1S/C26H31N3O3/c1-4-28(18-22-12-13-24(32-22)20-9-6-5-7-10-20)21-14-16-29(17-21)25-23(11-8-15-27-25)26(30)31-19(2)3/h5-13,15,19,21H,4,14,16-18H2,1-3H3/t21-/m1/s1. The molecular weight excluding hydrogens is 402 g/mol. The number of ether oxygens (including phenoxy) is 1. The molecule has 0 N–H and O–H groups in total. The monoisotopic (exact) mass is 433 g/mol. The van der Waals surface area contributed by atoms with Crippen LogP contribution in [-0.4, -0.2) is 47.6 Å². The Hall–Kier alpha value is -3.12. The maximum Gasteiger partial charge on any atom is 0.342 e. The summed E-state index contributed by atoms with van der Waals surface area (Å²) in [7, 11) is 0. The number of hydrogen-bond acceptors (Lipinski definition) is 6. The van der Waals surface area contributed by atoms with Crippen LogP contribution in [0.15, 0.2) is 65.2 Å². The molecule has 0 spiro atoms. The van der Waals surface area contributed by atoms with Gasteiger partial charge in [0.15, 0.2) is 0 Å². The van der Waals surface area contributed by atoms with Gasteiger partial charge in [0.1, 0.15) is 22.9 Å². The smallest absolute Gasteiger partial charge is 0.342 e. The first kappa shape index (κ1) is 22.1. The van der Waals surface area contributed by atoms with E-state index in [1.165, 1.54) is 0 Å². The summed E-state index contributed by atoms with van der Waals surface area (Å²) in [4.78, 5) is 21.7. The van der Waals surface area contributed by atoms with E-state index in [1.54, 1.807) is 18.3 Å². The third kappa shape index (κ3) is 5.02. The third-order valence-corrected chi connectivity index (χ3v) is 5.81. The van der Waals surface area contributed by atoms with Gasteiger partial charge >= 0.3 is 5.97 Å². The normalized spacial score (nSPS) is 16.2. The largest absolute Gasteiger partial charge is 0.460 e. The van der Waals surface area contributed by atoms with Gasteiger partial charge in [-0.2, -0.15) is 0 Å². The fourth-order valence-electron chi connectivity index (χ4n) is 4.24. The van der Waals surface area contributed by atoms with Crippen LogP contribution in [0.2, 0.25) is 0 Å². The number of hydrogen-bond donors (Lipinski definition) is 0. The number of nitrogens with zero attached hydrogens (tertiary/aromatic N) is 3. The molecule has 32 heavy (non-hydrogen) atoms. The van der Waals surface area contributed by atoms with E-state index in [0.717, 1.165) is 49.7 Å². The number of likely N-dealkylation sites (N-methyl/N-ethyl adjacent to an activating group) is 1. The first-order chi connectivity index (χ1) is 15.5. The highest BCUT2D eigenvalue weighted by Gasteiger charge is 2.30. The predicted octanol–water partition coefficient (Wildman–Crippen LogP) is 5.01. The lowest BCUT2D eigenvalue weighted by atomic mass is 10.2. The number of esters is 1. The zero-order valence-electron chi connectivity index (χ0n) is 19.0. The zero-order valence-corrected chi connectivity index (χ0v) is 19.0. The van der Waals surface area contributed by atoms with E-state index in [0.29, 0.717) is 17.4 Å². The van der Waals surface area contributed by atoms with Gasteiger partial charge in [0.2, 0.25) is 0 Å². The van der Waals surface area contributed by atoms with Crippen molar-refractivity contribution in [2.45, 2.75) is 45.9 Å². The Morgan fingerprint density at radius 1 is 1.19 bits per heavy atom. The summed E-state index contributed by atoms with van der Waals surface area (Å²) in [6, 6.07) is 18.2. The second-order valence-electron chi connectivity index (χ2n) is 8.41. The first-order valence-electron chi connectivity index (χ1n) is 11.3. The summed E-state index contributed by atoms with van der Waals surface area (Å²) < 4.78 is 11.6. The van der Waals surface area contributed by atoms with Gasteiger partial charge in [0, 0.05) is 30.9 Å². The molecule has 6 heteroatoms. The maximum atomic E-state index is 12.6. The summed E-state index contributed by atoms with van der Waals surface area (Å²) in [5.41, 5.74) is 1.62. The second-order valence-corrected chi connectivity index (χ2v) is 8.41. The van der Waals surface area contributed by atoms with Crippen LogP contribution < -0.4 is 4.90 Å². The van der Waals surface area contributed by atoms with Crippen molar-refractivity contribution < 1.29 is 13.9 Å². The summed E-state index contributed by atoms with van der Waals surface area (Å²) >= 11 is 0. The number of pyridine rings is 1. The van der Waals surface area contributed by atoms with E-state index in [1.807, 2.05) is 38.1 Å². The third-order valence-electron chi connectivity index (χ3n) is 5.81. The van der Waals surface area contributed by atoms with Crippen LogP contribution in [0.4, 0.5) is 5.82 Å². The van der Waals surface area contributed by atoms with E-state index >= 15 is 0 Å². The number of anilines is 1. The van der Waals surface area contributed by atoms with Gasteiger partial charge < -0.3 is 14.1 Å². The highest BCUT2D eigenvalue weighted by Crippen LogP contribution is 2.27. The molecule has 0 unspecified atom stereocenters. The lowest BCUT2D eigenvalue weighted by Gasteiger charge is -2.27. The Kier molecular flexibility index (Phi) is 6.90. The molecule has 1 atom stereocenters. The molecule has 0 bridgehead atoms. The average Bonchev–Trinajstić information content (AvgIpc) is 3.48.